The van der Waals surface area contributed by atoms with Gasteiger partial charge in [0, 0.05) is 6.04 Å². The Hall–Kier alpha value is 0.119. The van der Waals surface area contributed by atoms with E-state index in [1.165, 1.54) is 7.41 Å². The molecule has 18 heteroatoms. The van der Waals surface area contributed by atoms with Crippen LogP contribution in [0.4, 0.5) is 0 Å². The summed E-state index contributed by atoms with van der Waals surface area (Å²) in [6, 6.07) is 4.87. The Kier molecular flexibility index (Phi) is 9.52. The molecule has 0 saturated carbocycles. The Balaban J connectivity index is 1.29. The first-order valence-electron chi connectivity index (χ1n) is 22.4. The van der Waals surface area contributed by atoms with E-state index in [4.69, 9.17) is 0 Å². The molecule has 0 amide bonds. The van der Waals surface area contributed by atoms with E-state index in [0.29, 0.717) is 156 Å². The van der Waals surface area contributed by atoms with Gasteiger partial charge in [0.05, 0.1) is 0 Å². The zero-order valence-electron chi connectivity index (χ0n) is 36.7. The second-order valence-corrected chi connectivity index (χ2v) is 21.0. The third kappa shape index (κ3) is 4.74. The number of rotatable bonds is 3. The molecule has 0 spiro atoms. The van der Waals surface area contributed by atoms with Gasteiger partial charge in [-0.1, -0.05) is 75.9 Å². The zero-order chi connectivity index (χ0) is 38.2. The molecular weight excluding hydrogens is 647 g/mol. The van der Waals surface area contributed by atoms with E-state index in [1.54, 1.807) is 0 Å². The summed E-state index contributed by atoms with van der Waals surface area (Å²) in [4.78, 5) is 8.32. The average Bonchev–Trinajstić information content (AvgIpc) is 3.14. The van der Waals surface area contributed by atoms with E-state index >= 15 is 0 Å². The molecule has 286 valence electrons. The molecule has 9 aliphatic heterocycles. The molecule has 18 unspecified atom stereocenters. The van der Waals surface area contributed by atoms with Gasteiger partial charge in [-0.3, -0.25) is 0 Å². The van der Waals surface area contributed by atoms with Crippen molar-refractivity contribution in [2.45, 2.75) is 172 Å². The van der Waals surface area contributed by atoms with Crippen LogP contribution in [-0.2, 0) is 0 Å². The third-order valence-electron chi connectivity index (χ3n) is 20.1. The van der Waals surface area contributed by atoms with Gasteiger partial charge in [-0.05, 0) is 143 Å². The molecular formula is C35H72B8N10. The Morgan fingerprint density at radius 3 is 1.94 bits per heavy atom. The van der Waals surface area contributed by atoms with Crippen molar-refractivity contribution in [2.75, 3.05) is 35.2 Å². The largest absolute Gasteiger partial charge is 0.373 e. The molecule has 0 bridgehead atoms. The molecule has 2 N–H and O–H groups in total. The van der Waals surface area contributed by atoms with Gasteiger partial charge < -0.3 is 48.6 Å². The summed E-state index contributed by atoms with van der Waals surface area (Å²) in [5, 5.41) is 8.16. The highest BCUT2D eigenvalue weighted by molar-refractivity contribution is 6.87. The van der Waals surface area contributed by atoms with Gasteiger partial charge in [-0.15, -0.1) is 0 Å². The van der Waals surface area contributed by atoms with Crippen molar-refractivity contribution in [2.24, 2.45) is 17.8 Å². The minimum absolute atomic E-state index is 0.391. The van der Waals surface area contributed by atoms with Gasteiger partial charge in [0.1, 0.15) is 0 Å². The molecule has 18 atom stereocenters. The molecule has 0 radical (unpaired) electrons. The van der Waals surface area contributed by atoms with Crippen LogP contribution in [0, 0.1) is 17.8 Å². The Morgan fingerprint density at radius 2 is 1.28 bits per heavy atom. The fourth-order valence-corrected chi connectivity index (χ4v) is 16.0. The summed E-state index contributed by atoms with van der Waals surface area (Å²) in [5.74, 6) is 5.37. The standard InChI is InChI=1S/C35H72B8N10/c1-18-21(4)41-52-34-29(26(9)47(15)39(52)12)40-45-23(6)19(2)24(7)51(40)42-31(34)35-30(37(10)49(42)17)32(20(3)22(5)44-13)50-36-27-25(8)46(14)38(11)48(16)33(27)28(18)43(50)53(35)41/h18-36,44-45H,1-17H3. The number of hydrogen-bond acceptors (Lipinski definition) is 10. The minimum Gasteiger partial charge on any atom is -0.373 e. The Labute approximate surface area is 328 Å². The molecule has 0 aromatic rings. The van der Waals surface area contributed by atoms with E-state index in [2.05, 4.69) is 167 Å². The molecule has 9 aliphatic rings. The molecule has 0 aliphatic carbocycles. The monoisotopic (exact) mass is 721 g/mol. The maximum absolute atomic E-state index is 4.35. The van der Waals surface area contributed by atoms with E-state index in [1.807, 2.05) is 0 Å². The van der Waals surface area contributed by atoms with Gasteiger partial charge >= 0.3 is 14.0 Å². The van der Waals surface area contributed by atoms with Gasteiger partial charge in [0.15, 0.2) is 7.41 Å². The number of hydrogen-bond donors (Lipinski definition) is 2. The molecule has 9 saturated heterocycles. The van der Waals surface area contributed by atoms with E-state index in [0.717, 1.165) is 0 Å². The van der Waals surface area contributed by atoms with Gasteiger partial charge in [-0.25, -0.2) is 0 Å². The second-order valence-electron chi connectivity index (χ2n) is 21.0. The highest BCUT2D eigenvalue weighted by atomic mass is 15.4. The SMILES string of the molecule is CNC(C)C(C)C1C2B(C)N(C)B3C4C5C(B6NC(C)C(C)C(C)N63)C(C)N(C)B(C)N5B3C(C)C(C)C5B(N1BC1C(C)N(C)B(C)N(C)C15)N3C24. The first-order chi connectivity index (χ1) is 25.0. The molecule has 0 aromatic heterocycles. The van der Waals surface area contributed by atoms with E-state index in [9.17, 15) is 0 Å². The summed E-state index contributed by atoms with van der Waals surface area (Å²) >= 11 is 0. The summed E-state index contributed by atoms with van der Waals surface area (Å²) in [6.07, 6.45) is 0. The Bertz CT molecular complexity index is 1430. The van der Waals surface area contributed by atoms with Crippen LogP contribution >= 0.6 is 0 Å². The fourth-order valence-electron chi connectivity index (χ4n) is 16.0. The summed E-state index contributed by atoms with van der Waals surface area (Å²) in [7, 11) is 13.3. The van der Waals surface area contributed by atoms with Crippen LogP contribution in [0.15, 0.2) is 0 Å². The smallest absolute Gasteiger partial charge is 0.307 e. The van der Waals surface area contributed by atoms with Crippen molar-refractivity contribution in [3.8, 4) is 0 Å². The lowest BCUT2D eigenvalue weighted by atomic mass is 9.16. The maximum atomic E-state index is 4.35. The molecule has 10 nitrogen and oxygen atoms in total. The summed E-state index contributed by atoms with van der Waals surface area (Å²) in [6.45, 7) is 34.1. The zero-order valence-corrected chi connectivity index (χ0v) is 36.7. The van der Waals surface area contributed by atoms with Gasteiger partial charge in [0.2, 0.25) is 6.85 Å². The number of nitrogens with zero attached hydrogens (tertiary/aromatic N) is 8. The lowest BCUT2D eigenvalue weighted by Gasteiger charge is -2.80. The highest BCUT2D eigenvalue weighted by Crippen LogP contribution is 2.66. The van der Waals surface area contributed by atoms with Crippen molar-refractivity contribution in [3.63, 3.8) is 0 Å². The van der Waals surface area contributed by atoms with E-state index < -0.39 is 0 Å². The predicted octanol–water partition coefficient (Wildman–Crippen LogP) is 2.00. The summed E-state index contributed by atoms with van der Waals surface area (Å²) < 4.78 is 15.7. The van der Waals surface area contributed by atoms with E-state index in [-0.39, 0.29) is 0 Å². The normalized spacial score (nSPS) is 49.5. The molecule has 9 fully saturated rings. The van der Waals surface area contributed by atoms with Crippen LogP contribution in [0.3, 0.4) is 0 Å². The van der Waals surface area contributed by atoms with Crippen molar-refractivity contribution in [1.82, 2.24) is 48.6 Å². The summed E-state index contributed by atoms with van der Waals surface area (Å²) in [5.41, 5.74) is 0. The fraction of sp³-hybridized carbons (Fsp3) is 1.00. The van der Waals surface area contributed by atoms with Crippen LogP contribution in [0.5, 0.6) is 0 Å². The Morgan fingerprint density at radius 1 is 0.642 bits per heavy atom. The molecule has 53 heavy (non-hydrogen) atoms. The predicted molar refractivity (Wildman–Crippen MR) is 234 cm³/mol. The van der Waals surface area contributed by atoms with Crippen LogP contribution in [0.25, 0.3) is 0 Å². The van der Waals surface area contributed by atoms with Crippen LogP contribution in [0.2, 0.25) is 55.4 Å². The molecule has 0 aromatic carbocycles. The van der Waals surface area contributed by atoms with Crippen molar-refractivity contribution in [3.05, 3.63) is 0 Å². The van der Waals surface area contributed by atoms with Crippen LogP contribution in [0.1, 0.15) is 62.3 Å². The van der Waals surface area contributed by atoms with Crippen molar-refractivity contribution >= 4 is 56.2 Å². The maximum Gasteiger partial charge on any atom is 0.307 e. The average molecular weight is 720 g/mol. The number of fused-ring (bicyclic) bond motifs is 6. The topological polar surface area (TPSA) is 50.0 Å². The molecule has 9 heterocycles. The lowest BCUT2D eigenvalue weighted by Crippen LogP contribution is -2.96. The van der Waals surface area contributed by atoms with Crippen molar-refractivity contribution in [1.29, 1.82) is 0 Å². The minimum atomic E-state index is 0.391. The lowest BCUT2D eigenvalue weighted by molar-refractivity contribution is 0.0672. The third-order valence-corrected chi connectivity index (χ3v) is 20.1. The van der Waals surface area contributed by atoms with Crippen LogP contribution < -0.4 is 10.5 Å². The first-order valence-corrected chi connectivity index (χ1v) is 22.4. The van der Waals surface area contributed by atoms with Crippen LogP contribution in [-0.4, -0.2) is 184 Å². The number of nitrogens with one attached hydrogen (secondary N) is 2. The van der Waals surface area contributed by atoms with Crippen molar-refractivity contribution < 1.29 is 0 Å². The second kappa shape index (κ2) is 13.1. The van der Waals surface area contributed by atoms with Gasteiger partial charge in [0.25, 0.3) is 27.9 Å². The first kappa shape index (κ1) is 38.6. The highest BCUT2D eigenvalue weighted by Gasteiger charge is 2.78. The quantitative estimate of drug-likeness (QED) is 0.425. The van der Waals surface area contributed by atoms with Gasteiger partial charge in [-0.2, -0.15) is 0 Å². The molecule has 9 rings (SSSR count).